The predicted octanol–water partition coefficient (Wildman–Crippen LogP) is 2.14. The Labute approximate surface area is 130 Å². The maximum atomic E-state index is 9.84. The Morgan fingerprint density at radius 3 is 1.36 bits per heavy atom. The third-order valence-corrected chi connectivity index (χ3v) is 3.24. The van der Waals surface area contributed by atoms with E-state index >= 15 is 0 Å². The van der Waals surface area contributed by atoms with Crippen LogP contribution in [0, 0.1) is 0 Å². The molecule has 0 amide bonds. The highest BCUT2D eigenvalue weighted by molar-refractivity contribution is 5.14. The van der Waals surface area contributed by atoms with Crippen LogP contribution >= 0.6 is 0 Å². The van der Waals surface area contributed by atoms with Gasteiger partial charge in [0.05, 0.1) is 26.4 Å². The first-order chi connectivity index (χ1) is 10.8. The molecule has 1 unspecified atom stereocenters. The quantitative estimate of drug-likeness (QED) is 0.745. The number of benzene rings is 2. The molecule has 0 spiro atoms. The highest BCUT2D eigenvalue weighted by atomic mass is 16.5. The van der Waals surface area contributed by atoms with Gasteiger partial charge in [-0.1, -0.05) is 60.7 Å². The van der Waals surface area contributed by atoms with Crippen LogP contribution in [0.1, 0.15) is 11.1 Å². The average Bonchev–Trinajstić information content (AvgIpc) is 2.56. The van der Waals surface area contributed by atoms with E-state index in [1.165, 1.54) is 0 Å². The van der Waals surface area contributed by atoms with Crippen molar-refractivity contribution in [1.29, 1.82) is 0 Å². The lowest BCUT2D eigenvalue weighted by Gasteiger charge is -2.18. The highest BCUT2D eigenvalue weighted by Gasteiger charge is 2.16. The summed E-state index contributed by atoms with van der Waals surface area (Å²) in [5, 5.41) is 19.7. The summed E-state index contributed by atoms with van der Waals surface area (Å²) in [6.07, 6.45) is -1.92. The number of hydrogen-bond acceptors (Lipinski definition) is 4. The van der Waals surface area contributed by atoms with E-state index in [9.17, 15) is 10.2 Å². The van der Waals surface area contributed by atoms with Crippen molar-refractivity contribution in [2.75, 3.05) is 13.2 Å². The van der Waals surface area contributed by atoms with Gasteiger partial charge in [0.1, 0.15) is 12.2 Å². The molecule has 4 nitrogen and oxygen atoms in total. The first-order valence-corrected chi connectivity index (χ1v) is 7.35. The minimum atomic E-state index is -0.959. The molecule has 0 aliphatic heterocycles. The minimum absolute atomic E-state index is 0.0742. The second-order valence-corrected chi connectivity index (χ2v) is 5.14. The van der Waals surface area contributed by atoms with Crippen LogP contribution in [-0.4, -0.2) is 35.6 Å². The molecule has 0 bridgehead atoms. The third-order valence-electron chi connectivity index (χ3n) is 3.24. The molecule has 22 heavy (non-hydrogen) atoms. The van der Waals surface area contributed by atoms with Crippen molar-refractivity contribution in [1.82, 2.24) is 0 Å². The number of aliphatic hydroxyl groups is 2. The normalized spacial score (nSPS) is 13.7. The number of ether oxygens (including phenoxy) is 2. The first kappa shape index (κ1) is 16.6. The van der Waals surface area contributed by atoms with Gasteiger partial charge in [0.15, 0.2) is 0 Å². The molecule has 0 saturated carbocycles. The Morgan fingerprint density at radius 1 is 0.636 bits per heavy atom. The van der Waals surface area contributed by atoms with Crippen LogP contribution in [-0.2, 0) is 22.7 Å². The second kappa shape index (κ2) is 9.33. The van der Waals surface area contributed by atoms with Gasteiger partial charge in [-0.25, -0.2) is 0 Å². The van der Waals surface area contributed by atoms with Gasteiger partial charge < -0.3 is 19.7 Å². The van der Waals surface area contributed by atoms with Crippen molar-refractivity contribution in [2.45, 2.75) is 25.4 Å². The van der Waals surface area contributed by atoms with Crippen molar-refractivity contribution >= 4 is 0 Å². The first-order valence-electron chi connectivity index (χ1n) is 7.35. The fourth-order valence-electron chi connectivity index (χ4n) is 1.97. The highest BCUT2D eigenvalue weighted by Crippen LogP contribution is 2.05. The maximum Gasteiger partial charge on any atom is 0.105 e. The molecule has 0 radical (unpaired) electrons. The van der Waals surface area contributed by atoms with E-state index in [1.54, 1.807) is 0 Å². The van der Waals surface area contributed by atoms with Gasteiger partial charge in [-0.15, -0.1) is 0 Å². The standard InChI is InChI=1S/C18H22O4/c19-17(13-21-11-15-7-3-1-4-8-15)18(20)14-22-12-16-9-5-2-6-10-16/h1-10,17-20H,11-14H2/t17-,18?/m1/s1. The Morgan fingerprint density at radius 2 is 1.00 bits per heavy atom. The number of aliphatic hydroxyl groups excluding tert-OH is 2. The Bertz CT molecular complexity index is 466. The van der Waals surface area contributed by atoms with Crippen LogP contribution in [0.5, 0.6) is 0 Å². The molecular weight excluding hydrogens is 280 g/mol. The van der Waals surface area contributed by atoms with Crippen LogP contribution in [0.4, 0.5) is 0 Å². The molecule has 0 aliphatic rings. The molecule has 2 N–H and O–H groups in total. The van der Waals surface area contributed by atoms with E-state index in [-0.39, 0.29) is 13.2 Å². The topological polar surface area (TPSA) is 58.9 Å². The summed E-state index contributed by atoms with van der Waals surface area (Å²) in [6.45, 7) is 0.973. The Balaban J connectivity index is 1.61. The largest absolute Gasteiger partial charge is 0.388 e. The van der Waals surface area contributed by atoms with E-state index in [0.29, 0.717) is 13.2 Å². The van der Waals surface area contributed by atoms with E-state index < -0.39 is 12.2 Å². The zero-order chi connectivity index (χ0) is 15.6. The number of hydrogen-bond donors (Lipinski definition) is 2. The molecule has 0 saturated heterocycles. The van der Waals surface area contributed by atoms with Crippen molar-refractivity contribution < 1.29 is 19.7 Å². The number of rotatable bonds is 9. The van der Waals surface area contributed by atoms with E-state index in [2.05, 4.69) is 0 Å². The Kier molecular flexibility index (Phi) is 7.06. The summed E-state index contributed by atoms with van der Waals surface area (Å²) in [6, 6.07) is 19.4. The Hall–Kier alpha value is -1.72. The van der Waals surface area contributed by atoms with E-state index in [4.69, 9.17) is 9.47 Å². The lowest BCUT2D eigenvalue weighted by atomic mass is 10.2. The monoisotopic (exact) mass is 302 g/mol. The smallest absolute Gasteiger partial charge is 0.105 e. The van der Waals surface area contributed by atoms with E-state index in [0.717, 1.165) is 11.1 Å². The second-order valence-electron chi connectivity index (χ2n) is 5.14. The summed E-state index contributed by atoms with van der Waals surface area (Å²) < 4.78 is 10.8. The SMILES string of the molecule is OC(COCc1ccccc1)[C@H](O)COCc1ccccc1. The summed E-state index contributed by atoms with van der Waals surface area (Å²) in [5.74, 6) is 0. The van der Waals surface area contributed by atoms with Crippen molar-refractivity contribution in [3.63, 3.8) is 0 Å². The average molecular weight is 302 g/mol. The lowest BCUT2D eigenvalue weighted by Crippen LogP contribution is -2.34. The van der Waals surface area contributed by atoms with Gasteiger partial charge in [0.25, 0.3) is 0 Å². The lowest BCUT2D eigenvalue weighted by molar-refractivity contribution is -0.0758. The predicted molar refractivity (Wildman–Crippen MR) is 84.2 cm³/mol. The molecular formula is C18H22O4. The molecule has 0 heterocycles. The zero-order valence-corrected chi connectivity index (χ0v) is 12.5. The van der Waals surface area contributed by atoms with Crippen molar-refractivity contribution in [3.8, 4) is 0 Å². The fourth-order valence-corrected chi connectivity index (χ4v) is 1.97. The van der Waals surface area contributed by atoms with Gasteiger partial charge >= 0.3 is 0 Å². The minimum Gasteiger partial charge on any atom is -0.388 e. The summed E-state index contributed by atoms with van der Waals surface area (Å²) in [4.78, 5) is 0. The summed E-state index contributed by atoms with van der Waals surface area (Å²) in [5.41, 5.74) is 2.06. The van der Waals surface area contributed by atoms with Crippen molar-refractivity contribution in [3.05, 3.63) is 71.8 Å². The zero-order valence-electron chi connectivity index (χ0n) is 12.5. The van der Waals surface area contributed by atoms with E-state index in [1.807, 2.05) is 60.7 Å². The molecule has 118 valence electrons. The van der Waals surface area contributed by atoms with Crippen LogP contribution in [0.15, 0.2) is 60.7 Å². The van der Waals surface area contributed by atoms with Gasteiger partial charge in [-0.3, -0.25) is 0 Å². The molecule has 2 atom stereocenters. The molecule has 2 rings (SSSR count). The molecule has 2 aromatic rings. The summed E-state index contributed by atoms with van der Waals surface area (Å²) in [7, 11) is 0. The van der Waals surface area contributed by atoms with Crippen molar-refractivity contribution in [2.24, 2.45) is 0 Å². The van der Waals surface area contributed by atoms with Gasteiger partial charge in [-0.05, 0) is 11.1 Å². The van der Waals surface area contributed by atoms with Crippen LogP contribution in [0.3, 0.4) is 0 Å². The molecule has 0 aromatic heterocycles. The maximum absolute atomic E-state index is 9.84. The molecule has 2 aromatic carbocycles. The van der Waals surface area contributed by atoms with Crippen LogP contribution < -0.4 is 0 Å². The molecule has 0 fully saturated rings. The molecule has 0 aliphatic carbocycles. The summed E-state index contributed by atoms with van der Waals surface area (Å²) >= 11 is 0. The fraction of sp³-hybridized carbons (Fsp3) is 0.333. The van der Waals surface area contributed by atoms with Gasteiger partial charge in [0.2, 0.25) is 0 Å². The van der Waals surface area contributed by atoms with Gasteiger partial charge in [0, 0.05) is 0 Å². The molecule has 4 heteroatoms. The van der Waals surface area contributed by atoms with Gasteiger partial charge in [-0.2, -0.15) is 0 Å². The third kappa shape index (κ3) is 5.95. The van der Waals surface area contributed by atoms with Crippen LogP contribution in [0.2, 0.25) is 0 Å². The van der Waals surface area contributed by atoms with Crippen LogP contribution in [0.25, 0.3) is 0 Å².